The van der Waals surface area contributed by atoms with Crippen LogP contribution in [-0.2, 0) is 0 Å². The fourth-order valence-corrected chi connectivity index (χ4v) is 3.76. The molecule has 17 heavy (non-hydrogen) atoms. The number of likely N-dealkylation sites (N-methyl/N-ethyl adjacent to an activating group) is 2. The molecule has 0 aromatic rings. The molecule has 0 aliphatic heterocycles. The SMILES string of the molecule is CNC(CCC1CC1)C1(N(C)C)CCCCC1. The highest BCUT2D eigenvalue weighted by atomic mass is 15.2. The van der Waals surface area contributed by atoms with Gasteiger partial charge in [-0.05, 0) is 52.7 Å². The second-order valence-electron chi connectivity index (χ2n) is 6.42. The summed E-state index contributed by atoms with van der Waals surface area (Å²) in [6.45, 7) is 0. The van der Waals surface area contributed by atoms with Crippen molar-refractivity contribution >= 4 is 0 Å². The highest BCUT2D eigenvalue weighted by molar-refractivity contribution is 5.00. The van der Waals surface area contributed by atoms with Gasteiger partial charge < -0.3 is 10.2 Å². The van der Waals surface area contributed by atoms with Gasteiger partial charge in [0.05, 0.1) is 0 Å². The highest BCUT2D eigenvalue weighted by Crippen LogP contribution is 2.39. The Kier molecular flexibility index (Phi) is 4.48. The standard InChI is InChI=1S/C15H30N2/c1-16-14(10-9-13-7-8-13)15(17(2)3)11-5-4-6-12-15/h13-14,16H,4-12H2,1-3H3. The van der Waals surface area contributed by atoms with E-state index in [0.717, 1.165) is 5.92 Å². The number of hydrogen-bond donors (Lipinski definition) is 1. The highest BCUT2D eigenvalue weighted by Gasteiger charge is 2.41. The molecule has 2 aliphatic carbocycles. The smallest absolute Gasteiger partial charge is 0.0356 e. The maximum Gasteiger partial charge on any atom is 0.0356 e. The summed E-state index contributed by atoms with van der Waals surface area (Å²) < 4.78 is 0. The molecule has 2 heteroatoms. The van der Waals surface area contributed by atoms with E-state index in [1.54, 1.807) is 0 Å². The molecule has 0 amide bonds. The molecule has 2 aliphatic rings. The maximum absolute atomic E-state index is 3.64. The lowest BCUT2D eigenvalue weighted by Crippen LogP contribution is -2.59. The van der Waals surface area contributed by atoms with Crippen molar-refractivity contribution in [3.05, 3.63) is 0 Å². The van der Waals surface area contributed by atoms with E-state index in [9.17, 15) is 0 Å². The van der Waals surface area contributed by atoms with Crippen LogP contribution < -0.4 is 5.32 Å². The molecule has 0 saturated heterocycles. The third-order valence-electron chi connectivity index (χ3n) is 5.17. The first kappa shape index (κ1) is 13.4. The molecule has 1 atom stereocenters. The van der Waals surface area contributed by atoms with E-state index < -0.39 is 0 Å². The molecule has 1 N–H and O–H groups in total. The van der Waals surface area contributed by atoms with Gasteiger partial charge in [-0.2, -0.15) is 0 Å². The molecule has 2 fully saturated rings. The summed E-state index contributed by atoms with van der Waals surface area (Å²) in [5.41, 5.74) is 0.432. The third kappa shape index (κ3) is 3.03. The van der Waals surface area contributed by atoms with Crippen LogP contribution in [0.2, 0.25) is 0 Å². The summed E-state index contributed by atoms with van der Waals surface area (Å²) in [5.74, 6) is 1.06. The molecule has 0 heterocycles. The number of nitrogens with one attached hydrogen (secondary N) is 1. The van der Waals surface area contributed by atoms with E-state index in [1.165, 1.54) is 57.8 Å². The second-order valence-corrected chi connectivity index (χ2v) is 6.42. The molecular weight excluding hydrogens is 208 g/mol. The van der Waals surface area contributed by atoms with Gasteiger partial charge in [0, 0.05) is 11.6 Å². The van der Waals surface area contributed by atoms with Crippen LogP contribution in [0.5, 0.6) is 0 Å². The van der Waals surface area contributed by atoms with Crippen LogP contribution in [0.25, 0.3) is 0 Å². The third-order valence-corrected chi connectivity index (χ3v) is 5.17. The quantitative estimate of drug-likeness (QED) is 0.765. The second kappa shape index (κ2) is 5.71. The maximum atomic E-state index is 3.64. The number of rotatable bonds is 6. The van der Waals surface area contributed by atoms with E-state index in [-0.39, 0.29) is 0 Å². The minimum atomic E-state index is 0.432. The van der Waals surface area contributed by atoms with Crippen LogP contribution in [0.1, 0.15) is 57.8 Å². The van der Waals surface area contributed by atoms with E-state index in [0.29, 0.717) is 11.6 Å². The fourth-order valence-electron chi connectivity index (χ4n) is 3.76. The van der Waals surface area contributed by atoms with Gasteiger partial charge in [-0.3, -0.25) is 0 Å². The van der Waals surface area contributed by atoms with Gasteiger partial charge >= 0.3 is 0 Å². The Morgan fingerprint density at radius 1 is 1.18 bits per heavy atom. The predicted octanol–water partition coefficient (Wildman–Crippen LogP) is 3.03. The van der Waals surface area contributed by atoms with Crippen molar-refractivity contribution < 1.29 is 0 Å². The van der Waals surface area contributed by atoms with Gasteiger partial charge in [0.1, 0.15) is 0 Å². The molecular formula is C15H30N2. The zero-order valence-electron chi connectivity index (χ0n) is 12.0. The van der Waals surface area contributed by atoms with E-state index in [2.05, 4.69) is 31.4 Å². The molecule has 100 valence electrons. The zero-order valence-corrected chi connectivity index (χ0v) is 12.0. The van der Waals surface area contributed by atoms with Crippen molar-refractivity contribution in [2.45, 2.75) is 69.4 Å². The van der Waals surface area contributed by atoms with Crippen LogP contribution in [0.3, 0.4) is 0 Å². The van der Waals surface area contributed by atoms with Gasteiger partial charge in [-0.1, -0.05) is 32.1 Å². The summed E-state index contributed by atoms with van der Waals surface area (Å²) in [6.07, 6.45) is 12.8. The fraction of sp³-hybridized carbons (Fsp3) is 1.00. The first-order valence-corrected chi connectivity index (χ1v) is 7.54. The summed E-state index contributed by atoms with van der Waals surface area (Å²) in [5, 5.41) is 3.64. The van der Waals surface area contributed by atoms with Gasteiger partial charge in [-0.25, -0.2) is 0 Å². The summed E-state index contributed by atoms with van der Waals surface area (Å²) in [4.78, 5) is 2.51. The molecule has 2 nitrogen and oxygen atoms in total. The van der Waals surface area contributed by atoms with Crippen LogP contribution >= 0.6 is 0 Å². The minimum Gasteiger partial charge on any atom is -0.315 e. The van der Waals surface area contributed by atoms with Crippen molar-refractivity contribution in [3.63, 3.8) is 0 Å². The average Bonchev–Trinajstić information content (AvgIpc) is 3.15. The Morgan fingerprint density at radius 3 is 2.29 bits per heavy atom. The Balaban J connectivity index is 1.99. The van der Waals surface area contributed by atoms with Crippen LogP contribution in [0.15, 0.2) is 0 Å². The monoisotopic (exact) mass is 238 g/mol. The lowest BCUT2D eigenvalue weighted by atomic mass is 9.73. The van der Waals surface area contributed by atoms with Crippen molar-refractivity contribution in [1.29, 1.82) is 0 Å². The van der Waals surface area contributed by atoms with Gasteiger partial charge in [0.2, 0.25) is 0 Å². The van der Waals surface area contributed by atoms with Gasteiger partial charge in [0.25, 0.3) is 0 Å². The van der Waals surface area contributed by atoms with Crippen molar-refractivity contribution in [2.75, 3.05) is 21.1 Å². The summed E-state index contributed by atoms with van der Waals surface area (Å²) in [6, 6.07) is 0.693. The average molecular weight is 238 g/mol. The minimum absolute atomic E-state index is 0.432. The summed E-state index contributed by atoms with van der Waals surface area (Å²) in [7, 11) is 6.73. The topological polar surface area (TPSA) is 15.3 Å². The van der Waals surface area contributed by atoms with Crippen molar-refractivity contribution in [3.8, 4) is 0 Å². The zero-order chi connectivity index (χ0) is 12.3. The Bertz CT molecular complexity index is 227. The molecule has 2 rings (SSSR count). The molecule has 0 aromatic carbocycles. The largest absolute Gasteiger partial charge is 0.315 e. The van der Waals surface area contributed by atoms with Gasteiger partial charge in [0.15, 0.2) is 0 Å². The first-order valence-electron chi connectivity index (χ1n) is 7.54. The Morgan fingerprint density at radius 2 is 1.82 bits per heavy atom. The number of hydrogen-bond acceptors (Lipinski definition) is 2. The van der Waals surface area contributed by atoms with Gasteiger partial charge in [-0.15, -0.1) is 0 Å². The predicted molar refractivity (Wildman–Crippen MR) is 74.3 cm³/mol. The van der Waals surface area contributed by atoms with E-state index in [4.69, 9.17) is 0 Å². The van der Waals surface area contributed by atoms with E-state index in [1.807, 2.05) is 0 Å². The molecule has 0 bridgehead atoms. The lowest BCUT2D eigenvalue weighted by Gasteiger charge is -2.48. The molecule has 1 unspecified atom stereocenters. The van der Waals surface area contributed by atoms with Crippen molar-refractivity contribution in [1.82, 2.24) is 10.2 Å². The molecule has 2 saturated carbocycles. The molecule has 0 spiro atoms. The molecule has 0 radical (unpaired) electrons. The number of nitrogens with zero attached hydrogens (tertiary/aromatic N) is 1. The van der Waals surface area contributed by atoms with Crippen LogP contribution in [-0.4, -0.2) is 37.6 Å². The lowest BCUT2D eigenvalue weighted by molar-refractivity contribution is 0.0551. The van der Waals surface area contributed by atoms with Crippen molar-refractivity contribution in [2.24, 2.45) is 5.92 Å². The Hall–Kier alpha value is -0.0800. The normalized spacial score (nSPS) is 26.1. The molecule has 0 aromatic heterocycles. The summed E-state index contributed by atoms with van der Waals surface area (Å²) >= 11 is 0. The van der Waals surface area contributed by atoms with Crippen LogP contribution in [0, 0.1) is 5.92 Å². The van der Waals surface area contributed by atoms with E-state index >= 15 is 0 Å². The Labute approximate surface area is 107 Å². The van der Waals surface area contributed by atoms with Crippen LogP contribution in [0.4, 0.5) is 0 Å². The first-order chi connectivity index (χ1) is 8.19.